The SMILES string of the molecule is COc1cccc(/C(C)=N/NC(=O)c2ccccc2C)c1. The van der Waals surface area contributed by atoms with Crippen LogP contribution >= 0.6 is 0 Å². The molecule has 1 N–H and O–H groups in total. The Kier molecular flexibility index (Phi) is 4.72. The molecule has 4 heteroatoms. The summed E-state index contributed by atoms with van der Waals surface area (Å²) in [6.45, 7) is 3.74. The molecule has 21 heavy (non-hydrogen) atoms. The van der Waals surface area contributed by atoms with Crippen LogP contribution in [0.2, 0.25) is 0 Å². The van der Waals surface area contributed by atoms with Gasteiger partial charge in [-0.05, 0) is 37.6 Å². The van der Waals surface area contributed by atoms with Gasteiger partial charge in [0.1, 0.15) is 5.75 Å². The number of ether oxygens (including phenoxy) is 1. The highest BCUT2D eigenvalue weighted by Crippen LogP contribution is 2.13. The number of nitrogens with one attached hydrogen (secondary N) is 1. The third-order valence-electron chi connectivity index (χ3n) is 3.20. The second kappa shape index (κ2) is 6.70. The number of hydrazone groups is 1. The lowest BCUT2D eigenvalue weighted by Gasteiger charge is -2.06. The molecule has 2 aromatic rings. The van der Waals surface area contributed by atoms with Crippen molar-refractivity contribution in [3.63, 3.8) is 0 Å². The van der Waals surface area contributed by atoms with Crippen molar-refractivity contribution in [2.45, 2.75) is 13.8 Å². The Morgan fingerprint density at radius 3 is 2.62 bits per heavy atom. The van der Waals surface area contributed by atoms with E-state index < -0.39 is 0 Å². The van der Waals surface area contributed by atoms with Crippen LogP contribution in [0, 0.1) is 6.92 Å². The minimum atomic E-state index is -0.213. The van der Waals surface area contributed by atoms with Gasteiger partial charge in [0.25, 0.3) is 5.91 Å². The van der Waals surface area contributed by atoms with E-state index in [1.165, 1.54) is 0 Å². The second-order valence-electron chi connectivity index (χ2n) is 4.69. The maximum Gasteiger partial charge on any atom is 0.271 e. The Balaban J connectivity index is 2.13. The van der Waals surface area contributed by atoms with E-state index in [1.54, 1.807) is 13.2 Å². The molecule has 0 spiro atoms. The lowest BCUT2D eigenvalue weighted by Crippen LogP contribution is -2.20. The Labute approximate surface area is 124 Å². The number of aryl methyl sites for hydroxylation is 1. The molecule has 1 amide bonds. The summed E-state index contributed by atoms with van der Waals surface area (Å²) in [6.07, 6.45) is 0. The number of methoxy groups -OCH3 is 1. The molecule has 0 aliphatic heterocycles. The first kappa shape index (κ1) is 14.8. The lowest BCUT2D eigenvalue weighted by molar-refractivity contribution is 0.0954. The van der Waals surface area contributed by atoms with Gasteiger partial charge in [0.2, 0.25) is 0 Å². The van der Waals surface area contributed by atoms with E-state index in [4.69, 9.17) is 4.74 Å². The fourth-order valence-corrected chi connectivity index (χ4v) is 1.94. The molecule has 0 aliphatic carbocycles. The first-order valence-electron chi connectivity index (χ1n) is 6.66. The maximum atomic E-state index is 12.1. The molecule has 0 bridgehead atoms. The van der Waals surface area contributed by atoms with Gasteiger partial charge < -0.3 is 4.74 Å². The van der Waals surface area contributed by atoms with E-state index in [2.05, 4.69) is 10.5 Å². The zero-order chi connectivity index (χ0) is 15.2. The molecule has 0 aliphatic rings. The molecule has 0 aromatic heterocycles. The van der Waals surface area contributed by atoms with E-state index in [0.29, 0.717) is 5.56 Å². The summed E-state index contributed by atoms with van der Waals surface area (Å²) in [7, 11) is 1.62. The smallest absolute Gasteiger partial charge is 0.271 e. The highest BCUT2D eigenvalue weighted by Gasteiger charge is 2.07. The van der Waals surface area contributed by atoms with Gasteiger partial charge in [-0.1, -0.05) is 30.3 Å². The van der Waals surface area contributed by atoms with Crippen LogP contribution in [0.3, 0.4) is 0 Å². The number of rotatable bonds is 4. The van der Waals surface area contributed by atoms with E-state index in [0.717, 1.165) is 22.6 Å². The van der Waals surface area contributed by atoms with Gasteiger partial charge in [-0.25, -0.2) is 5.43 Å². The zero-order valence-corrected chi connectivity index (χ0v) is 12.4. The lowest BCUT2D eigenvalue weighted by atomic mass is 10.1. The zero-order valence-electron chi connectivity index (χ0n) is 12.4. The molecular formula is C17H18N2O2. The molecular weight excluding hydrogens is 264 g/mol. The average molecular weight is 282 g/mol. The van der Waals surface area contributed by atoms with Gasteiger partial charge in [0.15, 0.2) is 0 Å². The second-order valence-corrected chi connectivity index (χ2v) is 4.69. The molecule has 4 nitrogen and oxygen atoms in total. The summed E-state index contributed by atoms with van der Waals surface area (Å²) in [6, 6.07) is 14.9. The first-order chi connectivity index (χ1) is 10.1. The van der Waals surface area contributed by atoms with E-state index in [1.807, 2.05) is 56.3 Å². The summed E-state index contributed by atoms with van der Waals surface area (Å²) in [5.74, 6) is 0.544. The Morgan fingerprint density at radius 1 is 1.14 bits per heavy atom. The number of hydrogen-bond donors (Lipinski definition) is 1. The van der Waals surface area contributed by atoms with Gasteiger partial charge in [-0.15, -0.1) is 0 Å². The summed E-state index contributed by atoms with van der Waals surface area (Å²) in [5.41, 5.74) is 5.75. The fourth-order valence-electron chi connectivity index (χ4n) is 1.94. The van der Waals surface area contributed by atoms with Crippen molar-refractivity contribution < 1.29 is 9.53 Å². The van der Waals surface area contributed by atoms with Gasteiger partial charge in [-0.2, -0.15) is 5.10 Å². The number of amides is 1. The van der Waals surface area contributed by atoms with Crippen LogP contribution in [-0.2, 0) is 0 Å². The molecule has 2 rings (SSSR count). The number of carbonyl (C=O) groups is 1. The fraction of sp³-hybridized carbons (Fsp3) is 0.176. The highest BCUT2D eigenvalue weighted by molar-refractivity contribution is 6.01. The molecule has 0 unspecified atom stereocenters. The third kappa shape index (κ3) is 3.69. The number of benzene rings is 2. The Hall–Kier alpha value is -2.62. The van der Waals surface area contributed by atoms with Crippen molar-refractivity contribution in [3.05, 3.63) is 65.2 Å². The minimum Gasteiger partial charge on any atom is -0.497 e. The van der Waals surface area contributed by atoms with E-state index in [-0.39, 0.29) is 5.91 Å². The highest BCUT2D eigenvalue weighted by atomic mass is 16.5. The first-order valence-corrected chi connectivity index (χ1v) is 6.66. The predicted octanol–water partition coefficient (Wildman–Crippen LogP) is 3.16. The third-order valence-corrected chi connectivity index (χ3v) is 3.20. The minimum absolute atomic E-state index is 0.213. The van der Waals surface area contributed by atoms with Gasteiger partial charge in [-0.3, -0.25) is 4.79 Å². The molecule has 0 radical (unpaired) electrons. The van der Waals surface area contributed by atoms with Crippen molar-refractivity contribution in [2.75, 3.05) is 7.11 Å². The number of nitrogens with zero attached hydrogens (tertiary/aromatic N) is 1. The predicted molar refractivity (Wildman–Crippen MR) is 83.9 cm³/mol. The van der Waals surface area contributed by atoms with Crippen molar-refractivity contribution in [1.29, 1.82) is 0 Å². The van der Waals surface area contributed by atoms with Gasteiger partial charge >= 0.3 is 0 Å². The Morgan fingerprint density at radius 2 is 1.90 bits per heavy atom. The Bertz CT molecular complexity index is 678. The van der Waals surface area contributed by atoms with Gasteiger partial charge in [0.05, 0.1) is 12.8 Å². The molecule has 0 saturated carbocycles. The number of hydrogen-bond acceptors (Lipinski definition) is 3. The summed E-state index contributed by atoms with van der Waals surface area (Å²) < 4.78 is 5.17. The normalized spacial score (nSPS) is 11.1. The summed E-state index contributed by atoms with van der Waals surface area (Å²) in [5, 5.41) is 4.15. The van der Waals surface area contributed by atoms with Gasteiger partial charge in [0, 0.05) is 11.1 Å². The standard InChI is InChI=1S/C17H18N2O2/c1-12-7-4-5-10-16(12)17(20)19-18-13(2)14-8-6-9-15(11-14)21-3/h4-11H,1-3H3,(H,19,20)/b18-13+. The average Bonchev–Trinajstić information content (AvgIpc) is 2.52. The van der Waals surface area contributed by atoms with E-state index in [9.17, 15) is 4.79 Å². The van der Waals surface area contributed by atoms with Crippen molar-refractivity contribution in [2.24, 2.45) is 5.10 Å². The monoisotopic (exact) mass is 282 g/mol. The van der Waals surface area contributed by atoms with Crippen LogP contribution in [0.1, 0.15) is 28.4 Å². The summed E-state index contributed by atoms with van der Waals surface area (Å²) >= 11 is 0. The number of carbonyl (C=O) groups excluding carboxylic acids is 1. The molecule has 0 heterocycles. The molecule has 108 valence electrons. The summed E-state index contributed by atoms with van der Waals surface area (Å²) in [4.78, 5) is 12.1. The van der Waals surface area contributed by atoms with Crippen molar-refractivity contribution >= 4 is 11.6 Å². The molecule has 2 aromatic carbocycles. The van der Waals surface area contributed by atoms with Crippen molar-refractivity contribution in [3.8, 4) is 5.75 Å². The van der Waals surface area contributed by atoms with Crippen LogP contribution in [0.25, 0.3) is 0 Å². The largest absolute Gasteiger partial charge is 0.497 e. The van der Waals surface area contributed by atoms with Crippen LogP contribution in [0.15, 0.2) is 53.6 Å². The molecule has 0 atom stereocenters. The van der Waals surface area contributed by atoms with Crippen LogP contribution in [-0.4, -0.2) is 18.7 Å². The molecule has 0 fully saturated rings. The topological polar surface area (TPSA) is 50.7 Å². The maximum absolute atomic E-state index is 12.1. The molecule has 0 saturated heterocycles. The van der Waals surface area contributed by atoms with E-state index >= 15 is 0 Å². The quantitative estimate of drug-likeness (QED) is 0.691. The van der Waals surface area contributed by atoms with Crippen LogP contribution in [0.4, 0.5) is 0 Å². The van der Waals surface area contributed by atoms with Crippen LogP contribution in [0.5, 0.6) is 5.75 Å². The van der Waals surface area contributed by atoms with Crippen molar-refractivity contribution in [1.82, 2.24) is 5.43 Å². The van der Waals surface area contributed by atoms with Crippen LogP contribution < -0.4 is 10.2 Å².